The van der Waals surface area contributed by atoms with Crippen molar-refractivity contribution in [1.29, 1.82) is 0 Å². The van der Waals surface area contributed by atoms with Crippen LogP contribution in [-0.2, 0) is 22.1 Å². The van der Waals surface area contributed by atoms with Crippen LogP contribution in [0, 0.1) is 0 Å². The molecule has 0 saturated heterocycles. The van der Waals surface area contributed by atoms with E-state index in [0.29, 0.717) is 33.0 Å². The third kappa shape index (κ3) is 6.77. The van der Waals surface area contributed by atoms with Gasteiger partial charge in [0.1, 0.15) is 0 Å². The smallest absolute Gasteiger partial charge is 0.394 e. The third-order valence-corrected chi connectivity index (χ3v) is 14.0. The first-order valence-electron chi connectivity index (χ1n) is 8.70. The molecule has 8 heteroatoms. The summed E-state index contributed by atoms with van der Waals surface area (Å²) >= 11 is 1.82. The van der Waals surface area contributed by atoms with Gasteiger partial charge in [-0.1, -0.05) is 6.92 Å². The average Bonchev–Trinajstić information content (AvgIpc) is 2.53. The fraction of sp³-hybridized carbons (Fsp3) is 1.00. The molecule has 0 amide bonds. The Hall–Kier alpha value is 0.584. The molecule has 0 aliphatic heterocycles. The first-order chi connectivity index (χ1) is 11.0. The van der Waals surface area contributed by atoms with Crippen LogP contribution in [0.15, 0.2) is 0 Å². The summed E-state index contributed by atoms with van der Waals surface area (Å²) in [5.41, 5.74) is 0. The van der Waals surface area contributed by atoms with Crippen molar-refractivity contribution in [2.45, 2.75) is 52.8 Å². The summed E-state index contributed by atoms with van der Waals surface area (Å²) in [5.74, 6) is 1.01. The van der Waals surface area contributed by atoms with Gasteiger partial charge >= 0.3 is 17.4 Å². The first kappa shape index (κ1) is 23.6. The van der Waals surface area contributed by atoms with Gasteiger partial charge in [-0.3, -0.25) is 0 Å². The summed E-state index contributed by atoms with van der Waals surface area (Å²) in [6.07, 6.45) is 2.11. The van der Waals surface area contributed by atoms with E-state index in [9.17, 15) is 0 Å². The fourth-order valence-corrected chi connectivity index (χ4v) is 13.0. The number of thioether (sulfide) groups is 1. The lowest BCUT2D eigenvalue weighted by Crippen LogP contribution is -2.62. The minimum absolute atomic E-state index is 0.0295. The van der Waals surface area contributed by atoms with E-state index in [1.54, 1.807) is 0 Å². The van der Waals surface area contributed by atoms with Crippen molar-refractivity contribution in [3.8, 4) is 0 Å². The summed E-state index contributed by atoms with van der Waals surface area (Å²) in [5, 5.41) is 0.0295. The summed E-state index contributed by atoms with van der Waals surface area (Å²) in [7, 11) is -5.36. The molecule has 0 N–H and O–H groups in total. The van der Waals surface area contributed by atoms with Gasteiger partial charge in [-0.25, -0.2) is 0 Å². The Morgan fingerprint density at radius 3 is 1.43 bits per heavy atom. The fourth-order valence-electron chi connectivity index (χ4n) is 2.76. The normalized spacial score (nSPS) is 14.2. The SMILES string of the molecule is CCO[Si](CCSC)(OCC)C(C)[Si](OCC)(OCC)OCC. The minimum atomic E-state index is -2.86. The Morgan fingerprint density at radius 2 is 1.13 bits per heavy atom. The molecule has 0 aromatic carbocycles. The van der Waals surface area contributed by atoms with E-state index in [0.717, 1.165) is 11.8 Å². The molecule has 0 aliphatic rings. The van der Waals surface area contributed by atoms with Crippen LogP contribution in [0.5, 0.6) is 0 Å². The standard InChI is InChI=1S/C15H36O5SSi2/c1-8-16-22(17-9-2,14-13-21-7)15(6)23(18-10-3,19-11-4)20-12-5/h15H,8-14H2,1-7H3. The Labute approximate surface area is 149 Å². The predicted octanol–water partition coefficient (Wildman–Crippen LogP) is 3.84. The van der Waals surface area contributed by atoms with E-state index in [1.165, 1.54) is 0 Å². The molecule has 140 valence electrons. The Kier molecular flexibility index (Phi) is 13.2. The molecule has 0 saturated carbocycles. The van der Waals surface area contributed by atoms with Crippen LogP contribution in [-0.4, -0.2) is 62.4 Å². The molecule has 0 fully saturated rings. The van der Waals surface area contributed by atoms with Gasteiger partial charge in [0.2, 0.25) is 0 Å². The first-order valence-corrected chi connectivity index (χ1v) is 14.0. The molecule has 0 bridgehead atoms. The lowest BCUT2D eigenvalue weighted by Gasteiger charge is -2.42. The molecule has 0 radical (unpaired) electrons. The molecular formula is C15H36O5SSi2. The van der Waals surface area contributed by atoms with Gasteiger partial charge in [0.25, 0.3) is 0 Å². The molecule has 0 aromatic rings. The minimum Gasteiger partial charge on any atom is -0.394 e. The van der Waals surface area contributed by atoms with E-state index in [2.05, 4.69) is 13.2 Å². The zero-order chi connectivity index (χ0) is 17.8. The zero-order valence-corrected chi connectivity index (χ0v) is 18.8. The van der Waals surface area contributed by atoms with Crippen LogP contribution in [0.2, 0.25) is 11.2 Å². The van der Waals surface area contributed by atoms with Crippen molar-refractivity contribution >= 4 is 29.1 Å². The van der Waals surface area contributed by atoms with Gasteiger partial charge in [0.05, 0.1) is 5.16 Å². The summed E-state index contributed by atoms with van der Waals surface area (Å²) in [6.45, 7) is 15.1. The Balaban J connectivity index is 5.71. The van der Waals surface area contributed by atoms with Gasteiger partial charge in [0, 0.05) is 39.1 Å². The molecule has 1 atom stereocenters. The highest BCUT2D eigenvalue weighted by Crippen LogP contribution is 2.38. The van der Waals surface area contributed by atoms with Crippen molar-refractivity contribution in [2.24, 2.45) is 0 Å². The highest BCUT2D eigenvalue weighted by Gasteiger charge is 2.60. The van der Waals surface area contributed by atoms with Gasteiger partial charge in [0.15, 0.2) is 0 Å². The van der Waals surface area contributed by atoms with Crippen molar-refractivity contribution in [2.75, 3.05) is 45.0 Å². The Bertz CT molecular complexity index is 274. The van der Waals surface area contributed by atoms with E-state index in [4.69, 9.17) is 22.1 Å². The zero-order valence-electron chi connectivity index (χ0n) is 16.0. The van der Waals surface area contributed by atoms with Crippen LogP contribution in [0.25, 0.3) is 0 Å². The molecule has 1 unspecified atom stereocenters. The van der Waals surface area contributed by atoms with Gasteiger partial charge in [-0.15, -0.1) is 0 Å². The summed E-state index contributed by atoms with van der Waals surface area (Å²) < 4.78 is 30.9. The maximum atomic E-state index is 6.28. The second-order valence-corrected chi connectivity index (χ2v) is 13.1. The molecule has 5 nitrogen and oxygen atoms in total. The van der Waals surface area contributed by atoms with E-state index in [1.807, 2.05) is 46.4 Å². The van der Waals surface area contributed by atoms with Crippen LogP contribution < -0.4 is 0 Å². The lowest BCUT2D eigenvalue weighted by atomic mass is 10.9. The van der Waals surface area contributed by atoms with Gasteiger partial charge < -0.3 is 22.1 Å². The number of hydrogen-bond acceptors (Lipinski definition) is 6. The van der Waals surface area contributed by atoms with Crippen molar-refractivity contribution in [3.05, 3.63) is 0 Å². The second kappa shape index (κ2) is 12.9. The molecule has 0 heterocycles. The molecule has 0 aliphatic carbocycles. The molecule has 0 rings (SSSR count). The molecule has 0 aromatic heterocycles. The highest BCUT2D eigenvalue weighted by molar-refractivity contribution is 7.98. The lowest BCUT2D eigenvalue weighted by molar-refractivity contribution is 0.0610. The molecule has 23 heavy (non-hydrogen) atoms. The monoisotopic (exact) mass is 384 g/mol. The van der Waals surface area contributed by atoms with E-state index < -0.39 is 17.4 Å². The second-order valence-electron chi connectivity index (χ2n) is 5.04. The Morgan fingerprint density at radius 1 is 0.739 bits per heavy atom. The third-order valence-electron chi connectivity index (χ3n) is 3.66. The van der Waals surface area contributed by atoms with Crippen LogP contribution in [0.1, 0.15) is 41.5 Å². The highest BCUT2D eigenvalue weighted by atomic mass is 32.2. The van der Waals surface area contributed by atoms with E-state index in [-0.39, 0.29) is 5.16 Å². The summed E-state index contributed by atoms with van der Waals surface area (Å²) in [6, 6.07) is 0.916. The van der Waals surface area contributed by atoms with Gasteiger partial charge in [-0.2, -0.15) is 11.8 Å². The van der Waals surface area contributed by atoms with Crippen LogP contribution >= 0.6 is 11.8 Å². The largest absolute Gasteiger partial charge is 0.505 e. The number of rotatable bonds is 15. The average molecular weight is 385 g/mol. The molecular weight excluding hydrogens is 348 g/mol. The van der Waals surface area contributed by atoms with Crippen molar-refractivity contribution in [1.82, 2.24) is 0 Å². The maximum absolute atomic E-state index is 6.28. The molecule has 0 spiro atoms. The van der Waals surface area contributed by atoms with Crippen molar-refractivity contribution in [3.63, 3.8) is 0 Å². The number of hydrogen-bond donors (Lipinski definition) is 0. The quantitative estimate of drug-likeness (QED) is 0.400. The van der Waals surface area contributed by atoms with E-state index >= 15 is 0 Å². The van der Waals surface area contributed by atoms with Gasteiger partial charge in [-0.05, 0) is 46.6 Å². The topological polar surface area (TPSA) is 46.2 Å². The maximum Gasteiger partial charge on any atom is 0.505 e. The van der Waals surface area contributed by atoms with Crippen molar-refractivity contribution < 1.29 is 22.1 Å². The van der Waals surface area contributed by atoms with Crippen LogP contribution in [0.3, 0.4) is 0 Å². The summed E-state index contributed by atoms with van der Waals surface area (Å²) in [4.78, 5) is 0. The predicted molar refractivity (Wildman–Crippen MR) is 102 cm³/mol. The van der Waals surface area contributed by atoms with Crippen LogP contribution in [0.4, 0.5) is 0 Å².